The minimum absolute atomic E-state index is 0.0576. The molecular weight excluding hydrogens is 370 g/mol. The van der Waals surface area contributed by atoms with Crippen molar-refractivity contribution in [2.75, 3.05) is 26.7 Å². The maximum atomic E-state index is 12.6. The number of urea groups is 1. The summed E-state index contributed by atoms with van der Waals surface area (Å²) < 4.78 is 8.26. The lowest BCUT2D eigenvalue weighted by Gasteiger charge is -2.45. The van der Waals surface area contributed by atoms with Gasteiger partial charge in [-0.3, -0.25) is 4.79 Å². The van der Waals surface area contributed by atoms with Gasteiger partial charge < -0.3 is 24.8 Å². The van der Waals surface area contributed by atoms with Gasteiger partial charge in [0.25, 0.3) is 5.91 Å². The van der Waals surface area contributed by atoms with Crippen molar-refractivity contribution in [3.8, 4) is 0 Å². The number of benzene rings is 1. The average Bonchev–Trinajstić information content (AvgIpc) is 3.24. The van der Waals surface area contributed by atoms with E-state index in [1.165, 1.54) is 5.56 Å². The highest BCUT2D eigenvalue weighted by Crippen LogP contribution is 2.40. The first-order chi connectivity index (χ1) is 14.1. The highest BCUT2D eigenvalue weighted by molar-refractivity contribution is 5.80. The van der Waals surface area contributed by atoms with E-state index in [0.717, 1.165) is 12.2 Å². The van der Waals surface area contributed by atoms with Crippen molar-refractivity contribution >= 4 is 11.9 Å². The van der Waals surface area contributed by atoms with Gasteiger partial charge in [0, 0.05) is 51.9 Å². The van der Waals surface area contributed by atoms with Crippen molar-refractivity contribution in [3.63, 3.8) is 0 Å². The molecule has 0 bridgehead atoms. The summed E-state index contributed by atoms with van der Waals surface area (Å²) in [5.74, 6) is 0.714. The highest BCUT2D eigenvalue weighted by Gasteiger charge is 2.47. The van der Waals surface area contributed by atoms with Crippen LogP contribution in [0.2, 0.25) is 0 Å². The fourth-order valence-electron chi connectivity index (χ4n) is 4.18. The van der Waals surface area contributed by atoms with Crippen LogP contribution in [0, 0.1) is 0 Å². The number of fused-ring (bicyclic) bond motifs is 2. The molecule has 1 aromatic heterocycles. The molecule has 154 valence electrons. The van der Waals surface area contributed by atoms with Gasteiger partial charge in [0.2, 0.25) is 0 Å². The Kier molecular flexibility index (Phi) is 5.53. The van der Waals surface area contributed by atoms with E-state index in [2.05, 4.69) is 27.8 Å². The van der Waals surface area contributed by atoms with Crippen LogP contribution in [0.3, 0.4) is 0 Å². The van der Waals surface area contributed by atoms with E-state index in [1.54, 1.807) is 13.2 Å². The Morgan fingerprint density at radius 1 is 1.24 bits per heavy atom. The number of aromatic nitrogens is 2. The van der Waals surface area contributed by atoms with Crippen molar-refractivity contribution in [2.24, 2.45) is 0 Å². The van der Waals surface area contributed by atoms with E-state index >= 15 is 0 Å². The molecule has 8 heteroatoms. The Bertz CT molecular complexity index is 858. The second-order valence-corrected chi connectivity index (χ2v) is 7.57. The molecule has 0 saturated carbocycles. The Morgan fingerprint density at radius 2 is 2.00 bits per heavy atom. The minimum atomic E-state index is -0.625. The van der Waals surface area contributed by atoms with Gasteiger partial charge in [-0.05, 0) is 12.0 Å². The number of hydrogen-bond acceptors (Lipinski definition) is 4. The van der Waals surface area contributed by atoms with E-state index in [4.69, 9.17) is 4.74 Å². The van der Waals surface area contributed by atoms with Gasteiger partial charge in [-0.15, -0.1) is 0 Å². The monoisotopic (exact) mass is 397 g/mol. The van der Waals surface area contributed by atoms with Crippen molar-refractivity contribution < 1.29 is 14.3 Å². The van der Waals surface area contributed by atoms with Crippen LogP contribution < -0.4 is 10.6 Å². The lowest BCUT2D eigenvalue weighted by atomic mass is 9.88. The predicted octanol–water partition coefficient (Wildman–Crippen LogP) is 1.27. The van der Waals surface area contributed by atoms with Gasteiger partial charge in [0.05, 0.1) is 6.54 Å². The summed E-state index contributed by atoms with van der Waals surface area (Å²) in [7, 11) is 1.62. The van der Waals surface area contributed by atoms with Crippen molar-refractivity contribution in [3.05, 3.63) is 54.1 Å². The summed E-state index contributed by atoms with van der Waals surface area (Å²) in [5.41, 5.74) is 0.577. The average molecular weight is 397 g/mol. The molecule has 2 aromatic rings. The summed E-state index contributed by atoms with van der Waals surface area (Å²) in [4.78, 5) is 31.1. The molecule has 8 nitrogen and oxygen atoms in total. The fourth-order valence-corrected chi connectivity index (χ4v) is 4.18. The van der Waals surface area contributed by atoms with E-state index < -0.39 is 11.7 Å². The molecule has 0 aliphatic carbocycles. The van der Waals surface area contributed by atoms with E-state index in [0.29, 0.717) is 39.0 Å². The van der Waals surface area contributed by atoms with Gasteiger partial charge in [-0.1, -0.05) is 30.3 Å². The molecule has 1 aromatic carbocycles. The normalized spacial score (nSPS) is 20.2. The van der Waals surface area contributed by atoms with E-state index in [-0.39, 0.29) is 11.9 Å². The lowest BCUT2D eigenvalue weighted by molar-refractivity contribution is -0.171. The Hall–Kier alpha value is -2.87. The molecule has 2 aliphatic rings. The molecular formula is C21H27N5O3. The second kappa shape index (κ2) is 8.24. The number of nitrogens with zero attached hydrogens (tertiary/aromatic N) is 3. The second-order valence-electron chi connectivity index (χ2n) is 7.57. The molecule has 2 aliphatic heterocycles. The number of ether oxygens (including phenoxy) is 1. The number of amides is 3. The number of likely N-dealkylation sites (tertiary alicyclic amines) is 1. The van der Waals surface area contributed by atoms with E-state index in [1.807, 2.05) is 33.9 Å². The summed E-state index contributed by atoms with van der Waals surface area (Å²) in [6, 6.07) is 10.0. The minimum Gasteiger partial charge on any atom is -0.357 e. The van der Waals surface area contributed by atoms with Crippen molar-refractivity contribution in [1.29, 1.82) is 0 Å². The van der Waals surface area contributed by atoms with Gasteiger partial charge in [0.15, 0.2) is 6.10 Å². The zero-order chi connectivity index (χ0) is 20.3. The number of likely N-dealkylation sites (N-methyl/N-ethyl adjacent to an activating group) is 1. The number of imidazole rings is 1. The first-order valence-corrected chi connectivity index (χ1v) is 10.1. The Morgan fingerprint density at radius 3 is 2.72 bits per heavy atom. The molecule has 1 saturated heterocycles. The first-order valence-electron chi connectivity index (χ1n) is 10.1. The molecule has 4 rings (SSSR count). The SMILES string of the molecule is CNC(=O)C1Cn2ccnc2C2(CCN(C(=O)NCCc3ccccc3)CC2)O1. The topological polar surface area (TPSA) is 88.5 Å². The van der Waals surface area contributed by atoms with Gasteiger partial charge >= 0.3 is 6.03 Å². The van der Waals surface area contributed by atoms with Crippen LogP contribution in [0.25, 0.3) is 0 Å². The Balaban J connectivity index is 1.35. The summed E-state index contributed by atoms with van der Waals surface area (Å²) in [6.07, 6.45) is 5.12. The van der Waals surface area contributed by atoms with E-state index in [9.17, 15) is 9.59 Å². The summed E-state index contributed by atoms with van der Waals surface area (Å²) in [5, 5.41) is 5.67. The number of piperidine rings is 1. The number of carbonyl (C=O) groups excluding carboxylic acids is 2. The number of nitrogens with one attached hydrogen (secondary N) is 2. The van der Waals surface area contributed by atoms with Crippen LogP contribution in [0.1, 0.15) is 24.2 Å². The van der Waals surface area contributed by atoms with Crippen LogP contribution in [-0.4, -0.2) is 59.2 Å². The van der Waals surface area contributed by atoms with Crippen LogP contribution in [0.4, 0.5) is 4.79 Å². The molecule has 1 fully saturated rings. The summed E-state index contributed by atoms with van der Waals surface area (Å²) >= 11 is 0. The van der Waals surface area contributed by atoms with Gasteiger partial charge in [-0.25, -0.2) is 9.78 Å². The fraction of sp³-hybridized carbons (Fsp3) is 0.476. The number of rotatable bonds is 4. The number of carbonyl (C=O) groups is 2. The highest BCUT2D eigenvalue weighted by atomic mass is 16.5. The van der Waals surface area contributed by atoms with Crippen LogP contribution in [0.15, 0.2) is 42.7 Å². The maximum Gasteiger partial charge on any atom is 0.317 e. The third-order valence-electron chi connectivity index (χ3n) is 5.78. The zero-order valence-corrected chi connectivity index (χ0v) is 16.6. The first kappa shape index (κ1) is 19.4. The molecule has 1 atom stereocenters. The summed E-state index contributed by atoms with van der Waals surface area (Å²) in [6.45, 7) is 2.18. The third-order valence-corrected chi connectivity index (χ3v) is 5.78. The molecule has 0 radical (unpaired) electrons. The van der Waals surface area contributed by atoms with Crippen LogP contribution in [-0.2, 0) is 28.1 Å². The lowest BCUT2D eigenvalue weighted by Crippen LogP contribution is -2.55. The van der Waals surface area contributed by atoms with Crippen molar-refractivity contribution in [2.45, 2.75) is 37.5 Å². The van der Waals surface area contributed by atoms with Crippen LogP contribution >= 0.6 is 0 Å². The molecule has 29 heavy (non-hydrogen) atoms. The molecule has 1 unspecified atom stereocenters. The zero-order valence-electron chi connectivity index (χ0n) is 16.6. The Labute approximate surface area is 170 Å². The van der Waals surface area contributed by atoms with Crippen molar-refractivity contribution in [1.82, 2.24) is 25.1 Å². The maximum absolute atomic E-state index is 12.6. The third kappa shape index (κ3) is 3.98. The molecule has 2 N–H and O–H groups in total. The molecule has 3 heterocycles. The predicted molar refractivity (Wildman–Crippen MR) is 107 cm³/mol. The quantitative estimate of drug-likeness (QED) is 0.813. The molecule has 3 amide bonds. The molecule has 1 spiro atoms. The van der Waals surface area contributed by atoms with Gasteiger partial charge in [0.1, 0.15) is 11.4 Å². The van der Waals surface area contributed by atoms with Crippen LogP contribution in [0.5, 0.6) is 0 Å². The largest absolute Gasteiger partial charge is 0.357 e. The number of hydrogen-bond donors (Lipinski definition) is 2. The smallest absolute Gasteiger partial charge is 0.317 e. The van der Waals surface area contributed by atoms with Gasteiger partial charge in [-0.2, -0.15) is 0 Å². The standard InChI is InChI=1S/C21H27N5O3/c1-22-18(27)17-15-26-14-11-23-19(26)21(29-17)8-12-25(13-9-21)20(28)24-10-7-16-5-3-2-4-6-16/h2-6,11,14,17H,7-10,12-13,15H2,1H3,(H,22,27)(H,24,28).